The van der Waals surface area contributed by atoms with Crippen LogP contribution >= 0.6 is 0 Å². The smallest absolute Gasteiger partial charge is 0.258 e. The van der Waals surface area contributed by atoms with Gasteiger partial charge in [-0.05, 0) is 37.1 Å². The van der Waals surface area contributed by atoms with Gasteiger partial charge in [0.1, 0.15) is 5.58 Å². The van der Waals surface area contributed by atoms with Crippen LogP contribution in [0.3, 0.4) is 0 Å². The summed E-state index contributed by atoms with van der Waals surface area (Å²) in [5.41, 5.74) is 3.76. The zero-order chi connectivity index (χ0) is 19.7. The van der Waals surface area contributed by atoms with Crippen LogP contribution in [0.4, 0.5) is 5.88 Å². The van der Waals surface area contributed by atoms with Crippen LogP contribution in [0.1, 0.15) is 37.4 Å². The molecule has 4 nitrogen and oxygen atoms in total. The third-order valence-electron chi connectivity index (χ3n) is 4.83. The number of nitrogens with one attached hydrogen (secondary N) is 1. The van der Waals surface area contributed by atoms with E-state index in [2.05, 4.69) is 5.32 Å². The Morgan fingerprint density at radius 3 is 2.00 bits per heavy atom. The number of carbonyl (C=O) groups excluding carboxylic acids is 2. The predicted molar refractivity (Wildman–Crippen MR) is 110 cm³/mol. The minimum absolute atomic E-state index is 0.169. The molecular formula is C24H19NO3. The van der Waals surface area contributed by atoms with Gasteiger partial charge in [0.15, 0.2) is 5.78 Å². The van der Waals surface area contributed by atoms with Crippen LogP contribution in [0.5, 0.6) is 0 Å². The van der Waals surface area contributed by atoms with E-state index in [4.69, 9.17) is 4.42 Å². The predicted octanol–water partition coefficient (Wildman–Crippen LogP) is 5.53. The van der Waals surface area contributed by atoms with Crippen LogP contribution in [-0.4, -0.2) is 11.7 Å². The number of benzene rings is 3. The fourth-order valence-electron chi connectivity index (χ4n) is 3.32. The molecule has 4 aromatic rings. The average molecular weight is 369 g/mol. The lowest BCUT2D eigenvalue weighted by molar-refractivity contribution is 0.102. The molecule has 0 unspecified atom stereocenters. The molecule has 0 aliphatic carbocycles. The molecule has 1 heterocycles. The highest BCUT2D eigenvalue weighted by atomic mass is 16.4. The topological polar surface area (TPSA) is 59.3 Å². The SMILES string of the molecule is Cc1ccccc1C(=O)Nc1oc2ccccc2c1C(=O)c1ccccc1C. The average Bonchev–Trinajstić information content (AvgIpc) is 3.06. The van der Waals surface area contributed by atoms with Crippen molar-refractivity contribution in [3.8, 4) is 0 Å². The molecule has 0 saturated carbocycles. The molecule has 0 fully saturated rings. The van der Waals surface area contributed by atoms with E-state index in [-0.39, 0.29) is 17.6 Å². The maximum atomic E-state index is 13.3. The quantitative estimate of drug-likeness (QED) is 0.481. The fraction of sp³-hybridized carbons (Fsp3) is 0.0833. The number of rotatable bonds is 4. The van der Waals surface area contributed by atoms with E-state index in [1.54, 1.807) is 24.3 Å². The number of ketones is 1. The van der Waals surface area contributed by atoms with Crippen molar-refractivity contribution in [3.63, 3.8) is 0 Å². The first kappa shape index (κ1) is 17.7. The standard InChI is InChI=1S/C24H19NO3/c1-15-9-3-5-11-17(15)22(26)21-19-13-7-8-14-20(19)28-24(21)25-23(27)18-12-6-4-10-16(18)2/h3-14H,1-2H3,(H,25,27). The molecule has 0 saturated heterocycles. The molecule has 1 N–H and O–H groups in total. The summed E-state index contributed by atoms with van der Waals surface area (Å²) < 4.78 is 5.86. The van der Waals surface area contributed by atoms with E-state index < -0.39 is 0 Å². The van der Waals surface area contributed by atoms with Crippen molar-refractivity contribution in [1.29, 1.82) is 0 Å². The molecule has 0 radical (unpaired) electrons. The molecule has 0 spiro atoms. The lowest BCUT2D eigenvalue weighted by Crippen LogP contribution is -2.15. The number of hydrogen-bond donors (Lipinski definition) is 1. The van der Waals surface area contributed by atoms with Gasteiger partial charge < -0.3 is 4.42 Å². The van der Waals surface area contributed by atoms with Crippen molar-refractivity contribution >= 4 is 28.5 Å². The van der Waals surface area contributed by atoms with Gasteiger partial charge in [-0.3, -0.25) is 14.9 Å². The van der Waals surface area contributed by atoms with Gasteiger partial charge in [0.2, 0.25) is 5.88 Å². The second-order valence-electron chi connectivity index (χ2n) is 6.72. The zero-order valence-electron chi connectivity index (χ0n) is 15.7. The molecule has 0 aliphatic rings. The number of furan rings is 1. The Kier molecular flexibility index (Phi) is 4.53. The summed E-state index contributed by atoms with van der Waals surface area (Å²) in [4.78, 5) is 26.1. The van der Waals surface area contributed by atoms with E-state index in [0.29, 0.717) is 27.7 Å². The second kappa shape index (κ2) is 7.16. The van der Waals surface area contributed by atoms with Crippen LogP contribution in [0.25, 0.3) is 11.0 Å². The normalized spacial score (nSPS) is 10.8. The maximum Gasteiger partial charge on any atom is 0.258 e. The summed E-state index contributed by atoms with van der Waals surface area (Å²) in [5, 5.41) is 3.48. The van der Waals surface area contributed by atoms with E-state index in [1.165, 1.54) is 0 Å². The Hall–Kier alpha value is -3.66. The first-order chi connectivity index (χ1) is 13.6. The van der Waals surface area contributed by atoms with Crippen LogP contribution in [0.2, 0.25) is 0 Å². The molecule has 1 amide bonds. The fourth-order valence-corrected chi connectivity index (χ4v) is 3.32. The van der Waals surface area contributed by atoms with E-state index >= 15 is 0 Å². The van der Waals surface area contributed by atoms with Gasteiger partial charge in [0.05, 0.1) is 5.56 Å². The van der Waals surface area contributed by atoms with Crippen LogP contribution in [-0.2, 0) is 0 Å². The van der Waals surface area contributed by atoms with Crippen molar-refractivity contribution < 1.29 is 14.0 Å². The monoisotopic (exact) mass is 369 g/mol. The molecule has 138 valence electrons. The van der Waals surface area contributed by atoms with Gasteiger partial charge in [-0.2, -0.15) is 0 Å². The number of aryl methyl sites for hydroxylation is 2. The highest BCUT2D eigenvalue weighted by molar-refractivity contribution is 6.21. The molecular weight excluding hydrogens is 350 g/mol. The number of para-hydroxylation sites is 1. The zero-order valence-corrected chi connectivity index (χ0v) is 15.7. The summed E-state index contributed by atoms with van der Waals surface area (Å²) in [6.07, 6.45) is 0. The first-order valence-corrected chi connectivity index (χ1v) is 9.05. The van der Waals surface area contributed by atoms with Crippen LogP contribution < -0.4 is 5.32 Å². The number of amides is 1. The Bertz CT molecular complexity index is 1200. The molecule has 28 heavy (non-hydrogen) atoms. The Morgan fingerprint density at radius 1 is 0.750 bits per heavy atom. The summed E-state index contributed by atoms with van der Waals surface area (Å²) >= 11 is 0. The van der Waals surface area contributed by atoms with Crippen molar-refractivity contribution in [1.82, 2.24) is 0 Å². The number of anilines is 1. The second-order valence-corrected chi connectivity index (χ2v) is 6.72. The van der Waals surface area contributed by atoms with Gasteiger partial charge >= 0.3 is 0 Å². The van der Waals surface area contributed by atoms with Crippen LogP contribution in [0, 0.1) is 13.8 Å². The van der Waals surface area contributed by atoms with Crippen molar-refractivity contribution in [2.45, 2.75) is 13.8 Å². The van der Waals surface area contributed by atoms with E-state index in [1.807, 2.05) is 62.4 Å². The molecule has 4 rings (SSSR count). The van der Waals surface area contributed by atoms with Gasteiger partial charge in [-0.15, -0.1) is 0 Å². The summed E-state index contributed by atoms with van der Waals surface area (Å²) in [7, 11) is 0. The van der Waals surface area contributed by atoms with Gasteiger partial charge in [-0.1, -0.05) is 60.7 Å². The summed E-state index contributed by atoms with van der Waals surface area (Å²) in [6, 6.07) is 22.0. The Labute approximate surface area is 162 Å². The number of carbonyl (C=O) groups is 2. The molecule has 0 aliphatic heterocycles. The molecule has 4 heteroatoms. The molecule has 0 bridgehead atoms. The third kappa shape index (κ3) is 3.09. The highest BCUT2D eigenvalue weighted by Crippen LogP contribution is 2.33. The van der Waals surface area contributed by atoms with Gasteiger partial charge in [-0.25, -0.2) is 0 Å². The third-order valence-corrected chi connectivity index (χ3v) is 4.83. The van der Waals surface area contributed by atoms with E-state index in [9.17, 15) is 9.59 Å². The van der Waals surface area contributed by atoms with Gasteiger partial charge in [0, 0.05) is 16.5 Å². The maximum absolute atomic E-state index is 13.3. The molecule has 0 atom stereocenters. The number of fused-ring (bicyclic) bond motifs is 1. The summed E-state index contributed by atoms with van der Waals surface area (Å²) in [5.74, 6) is -0.318. The minimum Gasteiger partial charge on any atom is -0.439 e. The molecule has 3 aromatic carbocycles. The van der Waals surface area contributed by atoms with Crippen molar-refractivity contribution in [2.24, 2.45) is 0 Å². The highest BCUT2D eigenvalue weighted by Gasteiger charge is 2.24. The Balaban J connectivity index is 1.82. The summed E-state index contributed by atoms with van der Waals surface area (Å²) in [6.45, 7) is 3.76. The first-order valence-electron chi connectivity index (χ1n) is 9.05. The van der Waals surface area contributed by atoms with Crippen molar-refractivity contribution in [2.75, 3.05) is 5.32 Å². The van der Waals surface area contributed by atoms with Crippen LogP contribution in [0.15, 0.2) is 77.2 Å². The lowest BCUT2D eigenvalue weighted by Gasteiger charge is -2.08. The number of hydrogen-bond acceptors (Lipinski definition) is 3. The largest absolute Gasteiger partial charge is 0.439 e. The van der Waals surface area contributed by atoms with Crippen molar-refractivity contribution in [3.05, 3.63) is 101 Å². The van der Waals surface area contributed by atoms with Gasteiger partial charge in [0.25, 0.3) is 5.91 Å². The Morgan fingerprint density at radius 2 is 1.32 bits per heavy atom. The molecule has 1 aromatic heterocycles. The van der Waals surface area contributed by atoms with E-state index in [0.717, 1.165) is 11.1 Å². The lowest BCUT2D eigenvalue weighted by atomic mass is 9.98. The minimum atomic E-state index is -0.309.